The maximum Gasteiger partial charge on any atom is 0.246 e. The molecule has 110 valence electrons. The van der Waals surface area contributed by atoms with Crippen LogP contribution in [-0.4, -0.2) is 24.2 Å². The molecule has 0 aliphatic heterocycles. The number of rotatable bonds is 7. The molecule has 0 aliphatic carbocycles. The van der Waals surface area contributed by atoms with Gasteiger partial charge in [-0.25, -0.2) is 0 Å². The average molecular weight is 285 g/mol. The number of amides is 1. The fourth-order valence-electron chi connectivity index (χ4n) is 1.99. The van der Waals surface area contributed by atoms with Gasteiger partial charge < -0.3 is 15.2 Å². The molecule has 0 bridgehead atoms. The molecule has 1 atom stereocenters. The molecule has 4 nitrogen and oxygen atoms in total. The molecule has 0 saturated carbocycles. The molecule has 0 aromatic heterocycles. The first-order valence-corrected chi connectivity index (χ1v) is 6.86. The van der Waals surface area contributed by atoms with E-state index < -0.39 is 6.04 Å². The number of carbonyl (C=O) groups is 1. The summed E-state index contributed by atoms with van der Waals surface area (Å²) in [6.07, 6.45) is 0. The highest BCUT2D eigenvalue weighted by atomic mass is 16.5. The molecule has 2 aromatic rings. The van der Waals surface area contributed by atoms with E-state index in [0.717, 1.165) is 11.1 Å². The maximum atomic E-state index is 11.8. The van der Waals surface area contributed by atoms with E-state index in [9.17, 15) is 9.90 Å². The third-order valence-corrected chi connectivity index (χ3v) is 3.06. The molecule has 2 rings (SSSR count). The van der Waals surface area contributed by atoms with Crippen molar-refractivity contribution in [3.63, 3.8) is 0 Å². The van der Waals surface area contributed by atoms with E-state index in [1.54, 1.807) is 0 Å². The van der Waals surface area contributed by atoms with Crippen LogP contribution in [0.3, 0.4) is 0 Å². The molecule has 21 heavy (non-hydrogen) atoms. The molecule has 0 spiro atoms. The minimum Gasteiger partial charge on any atom is -0.394 e. The van der Waals surface area contributed by atoms with Crippen LogP contribution in [0.5, 0.6) is 0 Å². The Hall–Kier alpha value is -2.17. The monoisotopic (exact) mass is 285 g/mol. The lowest BCUT2D eigenvalue weighted by atomic mass is 10.1. The predicted molar refractivity (Wildman–Crippen MR) is 80.5 cm³/mol. The number of benzene rings is 2. The van der Waals surface area contributed by atoms with Crippen molar-refractivity contribution in [2.45, 2.75) is 12.6 Å². The van der Waals surface area contributed by atoms with Crippen molar-refractivity contribution in [2.75, 3.05) is 13.2 Å². The van der Waals surface area contributed by atoms with Crippen LogP contribution in [-0.2, 0) is 16.1 Å². The predicted octanol–water partition coefficient (Wildman–Crippen LogP) is 2.05. The molecule has 0 saturated heterocycles. The van der Waals surface area contributed by atoms with Crippen LogP contribution in [0, 0.1) is 0 Å². The third-order valence-electron chi connectivity index (χ3n) is 3.06. The second-order valence-electron chi connectivity index (χ2n) is 4.69. The zero-order valence-corrected chi connectivity index (χ0v) is 11.7. The van der Waals surface area contributed by atoms with E-state index >= 15 is 0 Å². The molecule has 0 heterocycles. The average Bonchev–Trinajstić information content (AvgIpc) is 2.54. The summed E-state index contributed by atoms with van der Waals surface area (Å²) in [6.45, 7) is 0.218. The van der Waals surface area contributed by atoms with E-state index in [1.165, 1.54) is 0 Å². The van der Waals surface area contributed by atoms with Gasteiger partial charge in [-0.2, -0.15) is 0 Å². The van der Waals surface area contributed by atoms with Crippen LogP contribution in [0.25, 0.3) is 0 Å². The molecular weight excluding hydrogens is 266 g/mol. The molecule has 0 fully saturated rings. The maximum absolute atomic E-state index is 11.8. The van der Waals surface area contributed by atoms with Crippen LogP contribution >= 0.6 is 0 Å². The van der Waals surface area contributed by atoms with E-state index in [2.05, 4.69) is 5.32 Å². The van der Waals surface area contributed by atoms with Crippen LogP contribution in [0.4, 0.5) is 0 Å². The van der Waals surface area contributed by atoms with Gasteiger partial charge in [-0.05, 0) is 11.1 Å². The first kappa shape index (κ1) is 15.2. The largest absolute Gasteiger partial charge is 0.394 e. The highest BCUT2D eigenvalue weighted by molar-refractivity contribution is 5.77. The number of nitrogens with one attached hydrogen (secondary N) is 1. The van der Waals surface area contributed by atoms with Crippen molar-refractivity contribution in [2.24, 2.45) is 0 Å². The van der Waals surface area contributed by atoms with E-state index in [0.29, 0.717) is 6.61 Å². The fourth-order valence-corrected chi connectivity index (χ4v) is 1.99. The number of hydrogen-bond donors (Lipinski definition) is 2. The van der Waals surface area contributed by atoms with Gasteiger partial charge in [0.1, 0.15) is 6.61 Å². The summed E-state index contributed by atoms with van der Waals surface area (Å²) in [5.41, 5.74) is 1.89. The van der Waals surface area contributed by atoms with Crippen molar-refractivity contribution in [1.82, 2.24) is 5.32 Å². The lowest BCUT2D eigenvalue weighted by Gasteiger charge is -2.16. The molecule has 2 aromatic carbocycles. The number of aliphatic hydroxyl groups excluding tert-OH is 1. The first-order chi connectivity index (χ1) is 10.3. The Bertz CT molecular complexity index is 542. The summed E-state index contributed by atoms with van der Waals surface area (Å²) in [4.78, 5) is 11.8. The second kappa shape index (κ2) is 8.19. The van der Waals surface area contributed by atoms with Gasteiger partial charge in [-0.3, -0.25) is 4.79 Å². The molecule has 1 amide bonds. The summed E-state index contributed by atoms with van der Waals surface area (Å²) < 4.78 is 5.37. The Morgan fingerprint density at radius 2 is 1.67 bits per heavy atom. The van der Waals surface area contributed by atoms with Gasteiger partial charge in [0.15, 0.2) is 0 Å². The lowest BCUT2D eigenvalue weighted by Crippen LogP contribution is -2.33. The SMILES string of the molecule is O=C(COCc1ccccc1)N[C@H](CO)c1ccccc1. The Kier molecular flexibility index (Phi) is 5.94. The van der Waals surface area contributed by atoms with Gasteiger partial charge in [0, 0.05) is 0 Å². The number of aliphatic hydroxyl groups is 1. The van der Waals surface area contributed by atoms with Crippen LogP contribution in [0.2, 0.25) is 0 Å². The number of carbonyl (C=O) groups excluding carboxylic acids is 1. The molecule has 0 unspecified atom stereocenters. The minimum absolute atomic E-state index is 0.0295. The fraction of sp³-hybridized carbons (Fsp3) is 0.235. The molecule has 4 heteroatoms. The smallest absolute Gasteiger partial charge is 0.246 e. The highest BCUT2D eigenvalue weighted by Gasteiger charge is 2.13. The first-order valence-electron chi connectivity index (χ1n) is 6.86. The zero-order valence-electron chi connectivity index (χ0n) is 11.7. The summed E-state index contributed by atoms with van der Waals surface area (Å²) in [5, 5.41) is 12.1. The van der Waals surface area contributed by atoms with Gasteiger partial charge in [0.25, 0.3) is 0 Å². The Morgan fingerprint density at radius 1 is 1.05 bits per heavy atom. The minimum atomic E-state index is -0.404. The Labute approximate surface area is 124 Å². The van der Waals surface area contributed by atoms with Gasteiger partial charge >= 0.3 is 0 Å². The summed E-state index contributed by atoms with van der Waals surface area (Å²) in [7, 11) is 0. The summed E-state index contributed by atoms with van der Waals surface area (Å²) in [5.74, 6) is -0.242. The quantitative estimate of drug-likeness (QED) is 0.818. The topological polar surface area (TPSA) is 58.6 Å². The zero-order chi connectivity index (χ0) is 14.9. The van der Waals surface area contributed by atoms with Crippen molar-refractivity contribution >= 4 is 5.91 Å². The normalized spacial score (nSPS) is 11.9. The van der Waals surface area contributed by atoms with Crippen molar-refractivity contribution in [3.8, 4) is 0 Å². The molecule has 0 aliphatic rings. The van der Waals surface area contributed by atoms with E-state index in [1.807, 2.05) is 60.7 Å². The third kappa shape index (κ3) is 5.02. The van der Waals surface area contributed by atoms with Crippen LogP contribution < -0.4 is 5.32 Å². The van der Waals surface area contributed by atoms with Gasteiger partial charge in [-0.1, -0.05) is 60.7 Å². The summed E-state index contributed by atoms with van der Waals surface area (Å²) >= 11 is 0. The van der Waals surface area contributed by atoms with Crippen molar-refractivity contribution < 1.29 is 14.6 Å². The Balaban J connectivity index is 1.78. The van der Waals surface area contributed by atoms with Crippen molar-refractivity contribution in [3.05, 3.63) is 71.8 Å². The lowest BCUT2D eigenvalue weighted by molar-refractivity contribution is -0.127. The van der Waals surface area contributed by atoms with Crippen molar-refractivity contribution in [1.29, 1.82) is 0 Å². The molecular formula is C17H19NO3. The van der Waals surface area contributed by atoms with Gasteiger partial charge in [0.2, 0.25) is 5.91 Å². The van der Waals surface area contributed by atoms with Gasteiger partial charge in [-0.15, -0.1) is 0 Å². The van der Waals surface area contributed by atoms with E-state index in [4.69, 9.17) is 4.74 Å². The molecule has 2 N–H and O–H groups in total. The second-order valence-corrected chi connectivity index (χ2v) is 4.69. The van der Waals surface area contributed by atoms with E-state index in [-0.39, 0.29) is 19.1 Å². The number of hydrogen-bond acceptors (Lipinski definition) is 3. The number of ether oxygens (including phenoxy) is 1. The van der Waals surface area contributed by atoms with Crippen LogP contribution in [0.1, 0.15) is 17.2 Å². The summed E-state index contributed by atoms with van der Waals surface area (Å²) in [6, 6.07) is 18.6. The molecule has 0 radical (unpaired) electrons. The van der Waals surface area contributed by atoms with Gasteiger partial charge in [0.05, 0.1) is 19.3 Å². The van der Waals surface area contributed by atoms with Crippen LogP contribution in [0.15, 0.2) is 60.7 Å². The standard InChI is InChI=1S/C17H19NO3/c19-11-16(15-9-5-2-6-10-15)18-17(20)13-21-12-14-7-3-1-4-8-14/h1-10,16,19H,11-13H2,(H,18,20)/t16-/m1/s1. The Morgan fingerprint density at radius 3 is 2.29 bits per heavy atom. The highest BCUT2D eigenvalue weighted by Crippen LogP contribution is 2.11.